The summed E-state index contributed by atoms with van der Waals surface area (Å²) in [4.78, 5) is 0. The van der Waals surface area contributed by atoms with Crippen molar-refractivity contribution in [2.45, 2.75) is 13.0 Å². The third-order valence-corrected chi connectivity index (χ3v) is 2.46. The number of nitrogens with one attached hydrogen (secondary N) is 1. The minimum atomic E-state index is -0.00640. The zero-order valence-electron chi connectivity index (χ0n) is 10.9. The van der Waals surface area contributed by atoms with Crippen LogP contribution in [0.15, 0.2) is 18.2 Å². The van der Waals surface area contributed by atoms with Gasteiger partial charge in [0.25, 0.3) is 0 Å². The van der Waals surface area contributed by atoms with Crippen LogP contribution in [0.1, 0.15) is 17.5 Å². The van der Waals surface area contributed by atoms with Gasteiger partial charge in [-0.15, -0.1) is 0 Å². The van der Waals surface area contributed by atoms with Gasteiger partial charge in [-0.2, -0.15) is 0 Å². The normalized spacial score (nSPS) is 10.3. The van der Waals surface area contributed by atoms with Gasteiger partial charge in [-0.25, -0.2) is 0 Å². The standard InChI is InChI=1S/C13H20N2O3/c1-16-6-3-7-18-9-10-4-5-12(17-2)11(8-10)13(14)15/h4-5,8H,3,6-7,9H2,1-2H3,(H3,14,15). The molecule has 3 N–H and O–H groups in total. The van der Waals surface area contributed by atoms with Crippen LogP contribution in [0.5, 0.6) is 5.75 Å². The fraction of sp³-hybridized carbons (Fsp3) is 0.462. The monoisotopic (exact) mass is 252 g/mol. The van der Waals surface area contributed by atoms with Crippen molar-refractivity contribution in [3.8, 4) is 5.75 Å². The number of hydrogen-bond acceptors (Lipinski definition) is 4. The number of amidine groups is 1. The summed E-state index contributed by atoms with van der Waals surface area (Å²) in [5, 5.41) is 7.48. The lowest BCUT2D eigenvalue weighted by Crippen LogP contribution is -2.13. The average molecular weight is 252 g/mol. The second-order valence-corrected chi connectivity index (χ2v) is 3.85. The van der Waals surface area contributed by atoms with Gasteiger partial charge in [0.2, 0.25) is 0 Å². The number of benzene rings is 1. The molecule has 0 aliphatic heterocycles. The van der Waals surface area contributed by atoms with E-state index >= 15 is 0 Å². The molecule has 0 aliphatic rings. The van der Waals surface area contributed by atoms with Gasteiger partial charge < -0.3 is 19.9 Å². The van der Waals surface area contributed by atoms with Crippen LogP contribution in [0.25, 0.3) is 0 Å². The van der Waals surface area contributed by atoms with Gasteiger partial charge >= 0.3 is 0 Å². The SMILES string of the molecule is COCCCOCc1ccc(OC)c(C(=N)N)c1. The van der Waals surface area contributed by atoms with Crippen LogP contribution >= 0.6 is 0 Å². The average Bonchev–Trinajstić information content (AvgIpc) is 2.38. The van der Waals surface area contributed by atoms with E-state index in [9.17, 15) is 0 Å². The maximum absolute atomic E-state index is 7.48. The minimum absolute atomic E-state index is 0.00640. The summed E-state index contributed by atoms with van der Waals surface area (Å²) in [5.74, 6) is 0.596. The van der Waals surface area contributed by atoms with Gasteiger partial charge in [-0.05, 0) is 24.1 Å². The zero-order chi connectivity index (χ0) is 13.4. The molecule has 0 aromatic heterocycles. The molecule has 0 aliphatic carbocycles. The Bertz CT molecular complexity index is 394. The summed E-state index contributed by atoms with van der Waals surface area (Å²) < 4.78 is 15.6. The zero-order valence-corrected chi connectivity index (χ0v) is 10.9. The number of hydrogen-bond donors (Lipinski definition) is 2. The first-order chi connectivity index (χ1) is 8.69. The van der Waals surface area contributed by atoms with Crippen molar-refractivity contribution in [3.05, 3.63) is 29.3 Å². The Kier molecular flexibility index (Phi) is 6.18. The van der Waals surface area contributed by atoms with Crippen LogP contribution < -0.4 is 10.5 Å². The molecule has 0 unspecified atom stereocenters. The van der Waals surface area contributed by atoms with Crippen molar-refractivity contribution in [3.63, 3.8) is 0 Å². The Hall–Kier alpha value is -1.59. The number of ether oxygens (including phenoxy) is 3. The Labute approximate surface area is 107 Å². The molecule has 18 heavy (non-hydrogen) atoms. The van der Waals surface area contributed by atoms with Gasteiger partial charge in [0.1, 0.15) is 11.6 Å². The lowest BCUT2D eigenvalue weighted by Gasteiger charge is -2.10. The van der Waals surface area contributed by atoms with Crippen molar-refractivity contribution in [1.29, 1.82) is 5.41 Å². The maximum atomic E-state index is 7.48. The lowest BCUT2D eigenvalue weighted by molar-refractivity contribution is 0.0928. The van der Waals surface area contributed by atoms with E-state index in [1.54, 1.807) is 20.3 Å². The molecule has 0 bridgehead atoms. The second kappa shape index (κ2) is 7.68. The van der Waals surface area contributed by atoms with E-state index in [1.165, 1.54) is 0 Å². The van der Waals surface area contributed by atoms with Gasteiger partial charge in [-0.3, -0.25) is 5.41 Å². The minimum Gasteiger partial charge on any atom is -0.496 e. The van der Waals surface area contributed by atoms with E-state index in [1.807, 2.05) is 12.1 Å². The van der Waals surface area contributed by atoms with Crippen LogP contribution in [-0.2, 0) is 16.1 Å². The molecule has 1 aromatic rings. The molecule has 0 heterocycles. The van der Waals surface area contributed by atoms with Crippen molar-refractivity contribution in [1.82, 2.24) is 0 Å². The molecule has 0 fully saturated rings. The largest absolute Gasteiger partial charge is 0.496 e. The van der Waals surface area contributed by atoms with Crippen molar-refractivity contribution in [2.75, 3.05) is 27.4 Å². The first-order valence-corrected chi connectivity index (χ1v) is 5.77. The highest BCUT2D eigenvalue weighted by molar-refractivity contribution is 5.97. The van der Waals surface area contributed by atoms with Crippen molar-refractivity contribution in [2.24, 2.45) is 5.73 Å². The molecule has 5 heteroatoms. The van der Waals surface area contributed by atoms with Crippen LogP contribution in [0.2, 0.25) is 0 Å². The molecule has 0 saturated carbocycles. The topological polar surface area (TPSA) is 77.6 Å². The predicted octanol–water partition coefficient (Wildman–Crippen LogP) is 1.53. The number of methoxy groups -OCH3 is 2. The number of rotatable bonds is 8. The first-order valence-electron chi connectivity index (χ1n) is 5.77. The molecular weight excluding hydrogens is 232 g/mol. The Morgan fingerprint density at radius 3 is 2.67 bits per heavy atom. The van der Waals surface area contributed by atoms with E-state index in [4.69, 9.17) is 25.4 Å². The Balaban J connectivity index is 2.56. The molecule has 0 spiro atoms. The highest BCUT2D eigenvalue weighted by Gasteiger charge is 2.07. The van der Waals surface area contributed by atoms with E-state index in [0.29, 0.717) is 31.1 Å². The molecule has 1 aromatic carbocycles. The van der Waals surface area contributed by atoms with Crippen molar-refractivity contribution < 1.29 is 14.2 Å². The predicted molar refractivity (Wildman–Crippen MR) is 70.2 cm³/mol. The maximum Gasteiger partial charge on any atom is 0.129 e. The summed E-state index contributed by atoms with van der Waals surface area (Å²) in [6.07, 6.45) is 0.867. The highest BCUT2D eigenvalue weighted by atomic mass is 16.5. The van der Waals surface area contributed by atoms with Gasteiger partial charge in [-0.1, -0.05) is 6.07 Å². The number of nitrogens with two attached hydrogens (primary N) is 1. The summed E-state index contributed by atoms with van der Waals surface area (Å²) in [5.41, 5.74) is 7.06. The lowest BCUT2D eigenvalue weighted by atomic mass is 10.1. The molecule has 0 radical (unpaired) electrons. The quantitative estimate of drug-likeness (QED) is 0.418. The summed E-state index contributed by atoms with van der Waals surface area (Å²) in [7, 11) is 3.23. The Morgan fingerprint density at radius 1 is 1.28 bits per heavy atom. The van der Waals surface area contributed by atoms with Gasteiger partial charge in [0.15, 0.2) is 0 Å². The van der Waals surface area contributed by atoms with Crippen LogP contribution in [-0.4, -0.2) is 33.3 Å². The van der Waals surface area contributed by atoms with E-state index < -0.39 is 0 Å². The smallest absolute Gasteiger partial charge is 0.129 e. The summed E-state index contributed by atoms with van der Waals surface area (Å²) in [6.45, 7) is 1.84. The van der Waals surface area contributed by atoms with E-state index in [-0.39, 0.29) is 5.84 Å². The van der Waals surface area contributed by atoms with Gasteiger partial charge in [0, 0.05) is 20.3 Å². The first kappa shape index (κ1) is 14.5. The molecule has 100 valence electrons. The van der Waals surface area contributed by atoms with E-state index in [2.05, 4.69) is 0 Å². The van der Waals surface area contributed by atoms with E-state index in [0.717, 1.165) is 12.0 Å². The second-order valence-electron chi connectivity index (χ2n) is 3.85. The summed E-state index contributed by atoms with van der Waals surface area (Å²) in [6, 6.07) is 5.52. The van der Waals surface area contributed by atoms with Crippen LogP contribution in [0.4, 0.5) is 0 Å². The summed E-state index contributed by atoms with van der Waals surface area (Å²) >= 11 is 0. The third kappa shape index (κ3) is 4.35. The molecule has 0 atom stereocenters. The van der Waals surface area contributed by atoms with Crippen LogP contribution in [0, 0.1) is 5.41 Å². The number of nitrogen functional groups attached to an aromatic ring is 1. The molecular formula is C13H20N2O3. The fourth-order valence-corrected chi connectivity index (χ4v) is 1.55. The highest BCUT2D eigenvalue weighted by Crippen LogP contribution is 2.19. The van der Waals surface area contributed by atoms with Gasteiger partial charge in [0.05, 0.1) is 19.3 Å². The molecule has 0 amide bonds. The third-order valence-electron chi connectivity index (χ3n) is 2.46. The Morgan fingerprint density at radius 2 is 2.06 bits per heavy atom. The fourth-order valence-electron chi connectivity index (χ4n) is 1.55. The van der Waals surface area contributed by atoms with Crippen LogP contribution in [0.3, 0.4) is 0 Å². The molecule has 0 saturated heterocycles. The van der Waals surface area contributed by atoms with Crippen molar-refractivity contribution >= 4 is 5.84 Å². The molecule has 1 rings (SSSR count). The molecule has 5 nitrogen and oxygen atoms in total.